The minimum atomic E-state index is -1.26. The van der Waals surface area contributed by atoms with Crippen LogP contribution >= 0.6 is 0 Å². The largest absolute Gasteiger partial charge is 0.387 e. The normalized spacial score (nSPS) is 25.1. The average molecular weight is 451 g/mol. The van der Waals surface area contributed by atoms with Crippen LogP contribution in [-0.4, -0.2) is 47.5 Å². The minimum absolute atomic E-state index is 0.115. The Bertz CT molecular complexity index is 937. The number of hydrogen-bond acceptors (Lipinski definition) is 6. The molecule has 4 rings (SSSR count). The third-order valence-corrected chi connectivity index (χ3v) is 5.60. The van der Waals surface area contributed by atoms with E-state index in [1.807, 2.05) is 91.0 Å². The lowest BCUT2D eigenvalue weighted by atomic mass is 9.98. The van der Waals surface area contributed by atoms with Crippen LogP contribution in [0.1, 0.15) is 16.7 Å². The summed E-state index contributed by atoms with van der Waals surface area (Å²) in [5.74, 6) is 0. The van der Waals surface area contributed by atoms with Crippen molar-refractivity contribution in [3.05, 3.63) is 108 Å². The summed E-state index contributed by atoms with van der Waals surface area (Å²) in [6, 6.07) is 29.1. The molecule has 0 radical (unpaired) electrons. The summed E-state index contributed by atoms with van der Waals surface area (Å²) < 4.78 is 23.5. The van der Waals surface area contributed by atoms with Gasteiger partial charge in [-0.3, -0.25) is 0 Å². The molecule has 5 atom stereocenters. The Hall–Kier alpha value is -2.58. The first-order valence-electron chi connectivity index (χ1n) is 11.1. The summed E-state index contributed by atoms with van der Waals surface area (Å²) in [6.45, 7) is 1.04. The summed E-state index contributed by atoms with van der Waals surface area (Å²) in [7, 11) is 0. The number of hydrogen-bond donors (Lipinski definition) is 2. The van der Waals surface area contributed by atoms with E-state index < -0.39 is 30.7 Å². The van der Waals surface area contributed by atoms with Crippen molar-refractivity contribution in [2.24, 2.45) is 0 Å². The van der Waals surface area contributed by atoms with E-state index in [1.165, 1.54) is 0 Å². The van der Waals surface area contributed by atoms with E-state index >= 15 is 0 Å². The molecule has 1 aliphatic rings. The second kappa shape index (κ2) is 12.0. The molecule has 174 valence electrons. The standard InChI is InChI=1S/C27H30O6/c28-24-23(19-30-16-20-10-4-1-5-11-20)33-27(29)26(32-18-22-14-8-3-9-15-22)25(24)31-17-21-12-6-2-7-13-21/h1-15,23-29H,16-19H2/t23?,24-,25-,26?,27+/m1/s1. The molecule has 0 aliphatic carbocycles. The highest BCUT2D eigenvalue weighted by Crippen LogP contribution is 2.27. The highest BCUT2D eigenvalue weighted by molar-refractivity contribution is 5.15. The van der Waals surface area contributed by atoms with Crippen LogP contribution in [0.3, 0.4) is 0 Å². The molecule has 0 aromatic heterocycles. The fourth-order valence-corrected chi connectivity index (χ4v) is 3.81. The topological polar surface area (TPSA) is 77.4 Å². The van der Waals surface area contributed by atoms with Gasteiger partial charge in [-0.05, 0) is 16.7 Å². The van der Waals surface area contributed by atoms with Crippen LogP contribution in [0, 0.1) is 0 Å². The monoisotopic (exact) mass is 450 g/mol. The molecule has 0 bridgehead atoms. The molecule has 6 nitrogen and oxygen atoms in total. The third kappa shape index (κ3) is 6.71. The van der Waals surface area contributed by atoms with Gasteiger partial charge >= 0.3 is 0 Å². The van der Waals surface area contributed by atoms with Gasteiger partial charge in [-0.1, -0.05) is 91.0 Å². The van der Waals surface area contributed by atoms with Crippen molar-refractivity contribution < 1.29 is 29.2 Å². The van der Waals surface area contributed by atoms with Gasteiger partial charge in [0.25, 0.3) is 0 Å². The minimum Gasteiger partial charge on any atom is -0.387 e. The van der Waals surface area contributed by atoms with Crippen LogP contribution in [0.15, 0.2) is 91.0 Å². The van der Waals surface area contributed by atoms with Crippen molar-refractivity contribution >= 4 is 0 Å². The Labute approximate surface area is 194 Å². The lowest BCUT2D eigenvalue weighted by molar-refractivity contribution is -0.309. The summed E-state index contributed by atoms with van der Waals surface area (Å²) >= 11 is 0. The highest BCUT2D eigenvalue weighted by atomic mass is 16.7. The molecular formula is C27H30O6. The van der Waals surface area contributed by atoms with Crippen molar-refractivity contribution in [1.82, 2.24) is 0 Å². The quantitative estimate of drug-likeness (QED) is 0.493. The first-order chi connectivity index (χ1) is 16.2. The van der Waals surface area contributed by atoms with E-state index in [0.717, 1.165) is 16.7 Å². The van der Waals surface area contributed by atoms with Crippen molar-refractivity contribution in [2.75, 3.05) is 6.61 Å². The summed E-state index contributed by atoms with van der Waals surface area (Å²) in [6.07, 6.45) is -4.68. The molecule has 1 heterocycles. The van der Waals surface area contributed by atoms with Gasteiger partial charge in [0.05, 0.1) is 26.4 Å². The van der Waals surface area contributed by atoms with Gasteiger partial charge in [-0.25, -0.2) is 0 Å². The second-order valence-electron chi connectivity index (χ2n) is 8.08. The number of aliphatic hydroxyl groups is 2. The first kappa shape index (κ1) is 23.6. The molecule has 0 saturated carbocycles. The molecular weight excluding hydrogens is 420 g/mol. The van der Waals surface area contributed by atoms with Gasteiger partial charge in [0, 0.05) is 0 Å². The van der Waals surface area contributed by atoms with Crippen LogP contribution < -0.4 is 0 Å². The zero-order chi connectivity index (χ0) is 22.9. The predicted octanol–water partition coefficient (Wildman–Crippen LogP) is 3.45. The van der Waals surface area contributed by atoms with E-state index in [0.29, 0.717) is 6.61 Å². The Morgan fingerprint density at radius 3 is 1.58 bits per heavy atom. The zero-order valence-electron chi connectivity index (χ0n) is 18.4. The average Bonchev–Trinajstić information content (AvgIpc) is 2.86. The van der Waals surface area contributed by atoms with Gasteiger partial charge in [-0.2, -0.15) is 0 Å². The van der Waals surface area contributed by atoms with Crippen LogP contribution in [-0.2, 0) is 38.8 Å². The molecule has 2 unspecified atom stereocenters. The fourth-order valence-electron chi connectivity index (χ4n) is 3.81. The summed E-state index contributed by atoms with van der Waals surface area (Å²) in [4.78, 5) is 0. The molecule has 33 heavy (non-hydrogen) atoms. The smallest absolute Gasteiger partial charge is 0.184 e. The Balaban J connectivity index is 1.41. The Morgan fingerprint density at radius 1 is 0.606 bits per heavy atom. The molecule has 1 saturated heterocycles. The molecule has 3 aromatic carbocycles. The van der Waals surface area contributed by atoms with E-state index in [4.69, 9.17) is 18.9 Å². The van der Waals surface area contributed by atoms with Gasteiger partial charge in [0.15, 0.2) is 6.29 Å². The SMILES string of the molecule is O[C@@H]1C(COCc2ccccc2)O[C@H](O)C(OCc2ccccc2)[C@@H]1OCc1ccccc1. The number of aliphatic hydroxyl groups excluding tert-OH is 2. The van der Waals surface area contributed by atoms with Crippen molar-refractivity contribution in [3.8, 4) is 0 Å². The molecule has 0 amide bonds. The van der Waals surface area contributed by atoms with E-state index in [1.54, 1.807) is 0 Å². The maximum Gasteiger partial charge on any atom is 0.184 e. The Kier molecular flexibility index (Phi) is 8.60. The first-order valence-corrected chi connectivity index (χ1v) is 11.1. The van der Waals surface area contributed by atoms with Crippen molar-refractivity contribution in [1.29, 1.82) is 0 Å². The lowest BCUT2D eigenvalue weighted by Gasteiger charge is -2.42. The van der Waals surface area contributed by atoms with Gasteiger partial charge in [0.1, 0.15) is 24.4 Å². The number of rotatable bonds is 10. The van der Waals surface area contributed by atoms with Crippen LogP contribution in [0.5, 0.6) is 0 Å². The molecule has 2 N–H and O–H groups in total. The number of benzene rings is 3. The van der Waals surface area contributed by atoms with Gasteiger partial charge < -0.3 is 29.2 Å². The van der Waals surface area contributed by atoms with Crippen LogP contribution in [0.4, 0.5) is 0 Å². The molecule has 3 aromatic rings. The zero-order valence-corrected chi connectivity index (χ0v) is 18.4. The van der Waals surface area contributed by atoms with Crippen molar-refractivity contribution in [3.63, 3.8) is 0 Å². The maximum atomic E-state index is 11.1. The predicted molar refractivity (Wildman–Crippen MR) is 123 cm³/mol. The molecule has 0 spiro atoms. The van der Waals surface area contributed by atoms with E-state index in [-0.39, 0.29) is 19.8 Å². The lowest BCUT2D eigenvalue weighted by Crippen LogP contribution is -2.60. The van der Waals surface area contributed by atoms with Crippen LogP contribution in [0.2, 0.25) is 0 Å². The summed E-state index contributed by atoms with van der Waals surface area (Å²) in [5, 5.41) is 21.8. The highest BCUT2D eigenvalue weighted by Gasteiger charge is 2.46. The molecule has 6 heteroatoms. The van der Waals surface area contributed by atoms with Crippen molar-refractivity contribution in [2.45, 2.75) is 50.5 Å². The van der Waals surface area contributed by atoms with Gasteiger partial charge in [0.2, 0.25) is 0 Å². The van der Waals surface area contributed by atoms with Gasteiger partial charge in [-0.15, -0.1) is 0 Å². The van der Waals surface area contributed by atoms with E-state index in [2.05, 4.69) is 0 Å². The fraction of sp³-hybridized carbons (Fsp3) is 0.333. The number of ether oxygens (including phenoxy) is 4. The molecule has 1 fully saturated rings. The second-order valence-corrected chi connectivity index (χ2v) is 8.08. The van der Waals surface area contributed by atoms with E-state index in [9.17, 15) is 10.2 Å². The third-order valence-electron chi connectivity index (χ3n) is 5.60. The van der Waals surface area contributed by atoms with Crippen LogP contribution in [0.25, 0.3) is 0 Å². The Morgan fingerprint density at radius 2 is 1.06 bits per heavy atom. The molecule has 1 aliphatic heterocycles. The summed E-state index contributed by atoms with van der Waals surface area (Å²) in [5.41, 5.74) is 2.93. The maximum absolute atomic E-state index is 11.1.